The first-order valence-electron chi connectivity index (χ1n) is 9.24. The van der Waals surface area contributed by atoms with E-state index in [-0.39, 0.29) is 11.9 Å². The number of carbonyl (C=O) groups excluding carboxylic acids is 1. The third-order valence-electron chi connectivity index (χ3n) is 4.53. The minimum atomic E-state index is -0.00570. The zero-order valence-corrected chi connectivity index (χ0v) is 15.9. The molecule has 0 aliphatic carbocycles. The lowest BCUT2D eigenvalue weighted by Crippen LogP contribution is -2.32. The lowest BCUT2D eigenvalue weighted by molar-refractivity contribution is 0.0985. The Hall–Kier alpha value is -2.69. The van der Waals surface area contributed by atoms with E-state index in [4.69, 9.17) is 0 Å². The molecule has 0 atom stereocenters. The highest BCUT2D eigenvalue weighted by Gasteiger charge is 2.21. The molecule has 5 nitrogen and oxygen atoms in total. The summed E-state index contributed by atoms with van der Waals surface area (Å²) in [4.78, 5) is 19.9. The quantitative estimate of drug-likeness (QED) is 0.643. The van der Waals surface area contributed by atoms with Crippen molar-refractivity contribution in [2.45, 2.75) is 46.6 Å². The van der Waals surface area contributed by atoms with Crippen LogP contribution in [0.4, 0.5) is 5.69 Å². The molecule has 2 aromatic heterocycles. The Kier molecular flexibility index (Phi) is 5.35. The van der Waals surface area contributed by atoms with Crippen LogP contribution in [0.5, 0.6) is 0 Å². The molecule has 0 saturated heterocycles. The summed E-state index contributed by atoms with van der Waals surface area (Å²) >= 11 is 0. The summed E-state index contributed by atoms with van der Waals surface area (Å²) in [5.41, 5.74) is 3.13. The molecule has 2 heterocycles. The monoisotopic (exact) mass is 350 g/mol. The van der Waals surface area contributed by atoms with Crippen molar-refractivity contribution in [3.63, 3.8) is 0 Å². The second kappa shape index (κ2) is 7.68. The molecule has 5 heteroatoms. The first-order chi connectivity index (χ1) is 12.5. The number of pyridine rings is 1. The number of hydrogen-bond acceptors (Lipinski definition) is 3. The van der Waals surface area contributed by atoms with Gasteiger partial charge in [-0.05, 0) is 45.4 Å². The van der Waals surface area contributed by atoms with E-state index in [1.807, 2.05) is 52.9 Å². The Morgan fingerprint density at radius 3 is 2.62 bits per heavy atom. The Balaban J connectivity index is 2.02. The fourth-order valence-corrected chi connectivity index (χ4v) is 3.08. The highest BCUT2D eigenvalue weighted by atomic mass is 16.2. The molecule has 136 valence electrons. The summed E-state index contributed by atoms with van der Waals surface area (Å²) in [7, 11) is 0. The SMILES string of the molecule is CCCCN(C(=O)c1cc2cnn(C(C)C)c2nc1C)c1ccccc1. The summed E-state index contributed by atoms with van der Waals surface area (Å²) in [6.07, 6.45) is 3.78. The van der Waals surface area contributed by atoms with Crippen LogP contribution in [0, 0.1) is 6.92 Å². The van der Waals surface area contributed by atoms with Gasteiger partial charge in [0.15, 0.2) is 5.65 Å². The molecule has 0 aliphatic heterocycles. The van der Waals surface area contributed by atoms with Gasteiger partial charge in [-0.3, -0.25) is 4.79 Å². The summed E-state index contributed by atoms with van der Waals surface area (Å²) in [5, 5.41) is 5.32. The maximum atomic E-state index is 13.3. The van der Waals surface area contributed by atoms with Gasteiger partial charge in [0.2, 0.25) is 0 Å². The molecule has 3 rings (SSSR count). The van der Waals surface area contributed by atoms with Crippen molar-refractivity contribution in [3.05, 3.63) is 53.9 Å². The summed E-state index contributed by atoms with van der Waals surface area (Å²) < 4.78 is 1.89. The average Bonchev–Trinajstić information content (AvgIpc) is 3.05. The van der Waals surface area contributed by atoms with E-state index in [0.717, 1.165) is 35.3 Å². The van der Waals surface area contributed by atoms with Crippen LogP contribution < -0.4 is 4.90 Å². The standard InChI is InChI=1S/C21H26N4O/c1-5-6-12-24(18-10-8-7-9-11-18)21(26)19-13-17-14-22-25(15(2)3)20(17)23-16(19)4/h7-11,13-15H,5-6,12H2,1-4H3. The number of hydrogen-bond donors (Lipinski definition) is 0. The van der Waals surface area contributed by atoms with Crippen molar-refractivity contribution in [3.8, 4) is 0 Å². The van der Waals surface area contributed by atoms with Crippen LogP contribution >= 0.6 is 0 Å². The first-order valence-corrected chi connectivity index (χ1v) is 9.24. The topological polar surface area (TPSA) is 51.0 Å². The van der Waals surface area contributed by atoms with E-state index in [2.05, 4.69) is 30.9 Å². The van der Waals surface area contributed by atoms with Gasteiger partial charge in [-0.15, -0.1) is 0 Å². The van der Waals surface area contributed by atoms with Gasteiger partial charge < -0.3 is 4.90 Å². The van der Waals surface area contributed by atoms with Crippen molar-refractivity contribution < 1.29 is 4.79 Å². The van der Waals surface area contributed by atoms with Crippen LogP contribution in [-0.2, 0) is 0 Å². The second-order valence-corrected chi connectivity index (χ2v) is 6.86. The number of aromatic nitrogens is 3. The van der Waals surface area contributed by atoms with Gasteiger partial charge in [-0.2, -0.15) is 5.10 Å². The molecule has 0 radical (unpaired) electrons. The summed E-state index contributed by atoms with van der Waals surface area (Å²) in [6, 6.07) is 12.0. The van der Waals surface area contributed by atoms with Crippen molar-refractivity contribution >= 4 is 22.6 Å². The van der Waals surface area contributed by atoms with Crippen LogP contribution in [0.3, 0.4) is 0 Å². The molecule has 0 fully saturated rings. The van der Waals surface area contributed by atoms with Gasteiger partial charge in [0, 0.05) is 23.7 Å². The highest BCUT2D eigenvalue weighted by Crippen LogP contribution is 2.23. The number of rotatable bonds is 6. The smallest absolute Gasteiger partial charge is 0.260 e. The lowest BCUT2D eigenvalue weighted by Gasteiger charge is -2.23. The molecule has 0 unspecified atom stereocenters. The van der Waals surface area contributed by atoms with Gasteiger partial charge in [-0.25, -0.2) is 9.67 Å². The van der Waals surface area contributed by atoms with Crippen molar-refractivity contribution in [1.82, 2.24) is 14.8 Å². The molecular weight excluding hydrogens is 324 g/mol. The molecule has 26 heavy (non-hydrogen) atoms. The second-order valence-electron chi connectivity index (χ2n) is 6.86. The van der Waals surface area contributed by atoms with Crippen LogP contribution in [0.2, 0.25) is 0 Å². The predicted octanol–water partition coefficient (Wildman–Crippen LogP) is 4.77. The Bertz CT molecular complexity index is 899. The number of aryl methyl sites for hydroxylation is 1. The minimum Gasteiger partial charge on any atom is -0.308 e. The molecule has 0 N–H and O–H groups in total. The van der Waals surface area contributed by atoms with E-state index < -0.39 is 0 Å². The number of nitrogens with zero attached hydrogens (tertiary/aromatic N) is 4. The Morgan fingerprint density at radius 2 is 1.96 bits per heavy atom. The van der Waals surface area contributed by atoms with E-state index in [1.165, 1.54) is 0 Å². The average molecular weight is 350 g/mol. The molecule has 0 bridgehead atoms. The van der Waals surface area contributed by atoms with Crippen LogP contribution in [0.15, 0.2) is 42.6 Å². The summed E-state index contributed by atoms with van der Waals surface area (Å²) in [6.45, 7) is 8.87. The zero-order chi connectivity index (χ0) is 18.7. The third-order valence-corrected chi connectivity index (χ3v) is 4.53. The van der Waals surface area contributed by atoms with E-state index in [9.17, 15) is 4.79 Å². The van der Waals surface area contributed by atoms with Crippen LogP contribution in [0.25, 0.3) is 11.0 Å². The van der Waals surface area contributed by atoms with E-state index in [0.29, 0.717) is 12.1 Å². The molecule has 1 aromatic carbocycles. The Labute approximate surface area is 154 Å². The number of unbranched alkanes of at least 4 members (excludes halogenated alkanes) is 1. The van der Waals surface area contributed by atoms with Crippen molar-refractivity contribution in [2.24, 2.45) is 0 Å². The normalized spacial score (nSPS) is 11.3. The zero-order valence-electron chi connectivity index (χ0n) is 15.9. The fraction of sp³-hybridized carbons (Fsp3) is 0.381. The van der Waals surface area contributed by atoms with Crippen LogP contribution in [0.1, 0.15) is 55.7 Å². The maximum Gasteiger partial charge on any atom is 0.260 e. The molecule has 0 spiro atoms. The summed E-state index contributed by atoms with van der Waals surface area (Å²) in [5.74, 6) is -0.00570. The van der Waals surface area contributed by atoms with Crippen molar-refractivity contribution in [1.29, 1.82) is 0 Å². The number of fused-ring (bicyclic) bond motifs is 1. The predicted molar refractivity (Wildman–Crippen MR) is 106 cm³/mol. The molecule has 0 saturated carbocycles. The molecule has 1 amide bonds. The van der Waals surface area contributed by atoms with Crippen molar-refractivity contribution in [2.75, 3.05) is 11.4 Å². The molecular formula is C21H26N4O. The lowest BCUT2D eigenvalue weighted by atomic mass is 10.1. The van der Waals surface area contributed by atoms with Gasteiger partial charge in [-0.1, -0.05) is 31.5 Å². The first kappa shape index (κ1) is 18.1. The van der Waals surface area contributed by atoms with Gasteiger partial charge >= 0.3 is 0 Å². The van der Waals surface area contributed by atoms with E-state index in [1.54, 1.807) is 6.20 Å². The number of anilines is 1. The molecule has 3 aromatic rings. The van der Waals surface area contributed by atoms with E-state index >= 15 is 0 Å². The number of benzene rings is 1. The number of carbonyl (C=O) groups is 1. The van der Waals surface area contributed by atoms with Gasteiger partial charge in [0.25, 0.3) is 5.91 Å². The van der Waals surface area contributed by atoms with Gasteiger partial charge in [0.05, 0.1) is 17.5 Å². The minimum absolute atomic E-state index is 0.00570. The highest BCUT2D eigenvalue weighted by molar-refractivity contribution is 6.08. The maximum absolute atomic E-state index is 13.3. The third kappa shape index (κ3) is 3.47. The number of amides is 1. The number of para-hydroxylation sites is 1. The molecule has 0 aliphatic rings. The Morgan fingerprint density at radius 1 is 1.23 bits per heavy atom. The fourth-order valence-electron chi connectivity index (χ4n) is 3.08. The largest absolute Gasteiger partial charge is 0.308 e. The van der Waals surface area contributed by atoms with Crippen LogP contribution in [-0.4, -0.2) is 27.2 Å². The van der Waals surface area contributed by atoms with Gasteiger partial charge in [0.1, 0.15) is 0 Å².